The third-order valence-electron chi connectivity index (χ3n) is 3.61. The van der Waals surface area contributed by atoms with Crippen molar-refractivity contribution < 1.29 is 36.9 Å². The van der Waals surface area contributed by atoms with Crippen LogP contribution in [0, 0.1) is 0 Å². The van der Waals surface area contributed by atoms with Gasteiger partial charge in [-0.3, -0.25) is 0 Å². The number of carbonyl (C=O) groups excluding carboxylic acids is 1. The van der Waals surface area contributed by atoms with Crippen LogP contribution in [0.2, 0.25) is 0 Å². The lowest BCUT2D eigenvalue weighted by molar-refractivity contribution is -0.138. The van der Waals surface area contributed by atoms with E-state index in [9.17, 15) is 18.0 Å². The van der Waals surface area contributed by atoms with Crippen LogP contribution in [0.4, 0.5) is 13.2 Å². The molecule has 0 radical (unpaired) electrons. The summed E-state index contributed by atoms with van der Waals surface area (Å²) in [6, 6.07) is 7.66. The Hall–Kier alpha value is -2.90. The van der Waals surface area contributed by atoms with Gasteiger partial charge in [-0.2, -0.15) is 13.2 Å². The molecule has 0 unspecified atom stereocenters. The van der Waals surface area contributed by atoms with Crippen LogP contribution in [0.3, 0.4) is 0 Å². The second-order valence-corrected chi connectivity index (χ2v) is 5.14. The van der Waals surface area contributed by atoms with Crippen molar-refractivity contribution in [2.45, 2.75) is 12.8 Å². The molecule has 0 aliphatic carbocycles. The summed E-state index contributed by atoms with van der Waals surface area (Å²) in [6.07, 6.45) is -4.54. The second-order valence-electron chi connectivity index (χ2n) is 5.14. The first kappa shape index (κ1) is 19.4. The quantitative estimate of drug-likeness (QED) is 0.717. The highest BCUT2D eigenvalue weighted by Gasteiger charge is 2.33. The SMILES string of the molecule is COc1cc(OC)c(C(=O)OCc2ccccc2C(F)(F)F)cc1OC. The molecule has 0 aliphatic heterocycles. The summed E-state index contributed by atoms with van der Waals surface area (Å²) in [5.41, 5.74) is -0.991. The normalized spacial score (nSPS) is 11.0. The van der Waals surface area contributed by atoms with Crippen molar-refractivity contribution in [2.24, 2.45) is 0 Å². The van der Waals surface area contributed by atoms with Gasteiger partial charge in [0.2, 0.25) is 0 Å². The molecule has 2 aromatic carbocycles. The predicted molar refractivity (Wildman–Crippen MR) is 86.7 cm³/mol. The van der Waals surface area contributed by atoms with Gasteiger partial charge in [0.1, 0.15) is 17.9 Å². The van der Waals surface area contributed by atoms with Crippen LogP contribution in [0.1, 0.15) is 21.5 Å². The van der Waals surface area contributed by atoms with E-state index in [2.05, 4.69) is 0 Å². The molecule has 0 fully saturated rings. The van der Waals surface area contributed by atoms with Gasteiger partial charge in [0, 0.05) is 17.7 Å². The molecule has 0 spiro atoms. The Balaban J connectivity index is 2.27. The molecule has 0 bridgehead atoms. The molecule has 140 valence electrons. The van der Waals surface area contributed by atoms with Gasteiger partial charge in [0.15, 0.2) is 11.5 Å². The Morgan fingerprint density at radius 3 is 2.08 bits per heavy atom. The summed E-state index contributed by atoms with van der Waals surface area (Å²) >= 11 is 0. The minimum absolute atomic E-state index is 0.00893. The summed E-state index contributed by atoms with van der Waals surface area (Å²) in [6.45, 7) is -0.536. The van der Waals surface area contributed by atoms with E-state index in [0.717, 1.165) is 6.07 Å². The average Bonchev–Trinajstić information content (AvgIpc) is 2.64. The van der Waals surface area contributed by atoms with Crippen molar-refractivity contribution in [3.8, 4) is 17.2 Å². The van der Waals surface area contributed by atoms with Crippen LogP contribution < -0.4 is 14.2 Å². The molecule has 26 heavy (non-hydrogen) atoms. The van der Waals surface area contributed by atoms with Crippen LogP contribution in [0.15, 0.2) is 36.4 Å². The highest BCUT2D eigenvalue weighted by molar-refractivity contribution is 5.93. The predicted octanol–water partition coefficient (Wildman–Crippen LogP) is 4.09. The monoisotopic (exact) mass is 370 g/mol. The van der Waals surface area contributed by atoms with Gasteiger partial charge < -0.3 is 18.9 Å². The lowest BCUT2D eigenvalue weighted by atomic mass is 10.1. The number of alkyl halides is 3. The lowest BCUT2D eigenvalue weighted by Gasteiger charge is -2.15. The maximum atomic E-state index is 13.0. The number of halogens is 3. The summed E-state index contributed by atoms with van der Waals surface area (Å²) in [5, 5.41) is 0. The van der Waals surface area contributed by atoms with Crippen LogP contribution in [-0.2, 0) is 17.5 Å². The largest absolute Gasteiger partial charge is 0.496 e. The molecule has 0 amide bonds. The van der Waals surface area contributed by atoms with Gasteiger partial charge >= 0.3 is 12.1 Å². The topological polar surface area (TPSA) is 54.0 Å². The van der Waals surface area contributed by atoms with Gasteiger partial charge in [-0.25, -0.2) is 4.79 Å². The van der Waals surface area contributed by atoms with E-state index in [0.29, 0.717) is 5.75 Å². The third kappa shape index (κ3) is 4.19. The molecule has 0 heterocycles. The Morgan fingerprint density at radius 2 is 1.50 bits per heavy atom. The smallest absolute Gasteiger partial charge is 0.416 e. The van der Waals surface area contributed by atoms with E-state index in [1.165, 1.54) is 51.7 Å². The zero-order chi connectivity index (χ0) is 19.3. The maximum absolute atomic E-state index is 13.0. The van der Waals surface area contributed by atoms with Crippen LogP contribution >= 0.6 is 0 Å². The Bertz CT molecular complexity index is 787. The van der Waals surface area contributed by atoms with Crippen LogP contribution in [0.25, 0.3) is 0 Å². The Morgan fingerprint density at radius 1 is 0.923 bits per heavy atom. The summed E-state index contributed by atoms with van der Waals surface area (Å²) < 4.78 is 59.4. The number of esters is 1. The molecule has 8 heteroatoms. The fraction of sp³-hybridized carbons (Fsp3) is 0.278. The van der Waals surface area contributed by atoms with E-state index >= 15 is 0 Å². The zero-order valence-electron chi connectivity index (χ0n) is 14.3. The molecule has 0 atom stereocenters. The number of methoxy groups -OCH3 is 3. The number of benzene rings is 2. The van der Waals surface area contributed by atoms with Crippen molar-refractivity contribution in [1.29, 1.82) is 0 Å². The van der Waals surface area contributed by atoms with Crippen molar-refractivity contribution in [3.05, 3.63) is 53.1 Å². The van der Waals surface area contributed by atoms with E-state index in [4.69, 9.17) is 18.9 Å². The number of ether oxygens (including phenoxy) is 4. The van der Waals surface area contributed by atoms with Crippen LogP contribution in [0.5, 0.6) is 17.2 Å². The van der Waals surface area contributed by atoms with Crippen LogP contribution in [-0.4, -0.2) is 27.3 Å². The number of hydrogen-bond acceptors (Lipinski definition) is 5. The summed E-state index contributed by atoms with van der Waals surface area (Å²) in [5.74, 6) is -0.101. The number of rotatable bonds is 6. The van der Waals surface area contributed by atoms with Gasteiger partial charge in [0.05, 0.1) is 26.9 Å². The number of hydrogen-bond donors (Lipinski definition) is 0. The molecule has 5 nitrogen and oxygen atoms in total. The molecule has 0 aromatic heterocycles. The van der Waals surface area contributed by atoms with E-state index in [-0.39, 0.29) is 22.6 Å². The van der Waals surface area contributed by atoms with Gasteiger partial charge in [0.25, 0.3) is 0 Å². The molecule has 0 aliphatic rings. The first-order valence-corrected chi connectivity index (χ1v) is 7.44. The lowest BCUT2D eigenvalue weighted by Crippen LogP contribution is -2.12. The van der Waals surface area contributed by atoms with Gasteiger partial charge in [-0.1, -0.05) is 18.2 Å². The molecule has 0 saturated heterocycles. The summed E-state index contributed by atoms with van der Waals surface area (Å²) in [4.78, 5) is 12.3. The van der Waals surface area contributed by atoms with Gasteiger partial charge in [-0.15, -0.1) is 0 Å². The Labute approximate surface area is 148 Å². The summed E-state index contributed by atoms with van der Waals surface area (Å²) in [7, 11) is 4.15. The second kappa shape index (κ2) is 7.99. The Kier molecular flexibility index (Phi) is 5.97. The third-order valence-corrected chi connectivity index (χ3v) is 3.61. The fourth-order valence-electron chi connectivity index (χ4n) is 2.33. The van der Waals surface area contributed by atoms with Crippen molar-refractivity contribution >= 4 is 5.97 Å². The maximum Gasteiger partial charge on any atom is 0.416 e. The standard InChI is InChI=1S/C18H17F3O5/c1-23-14-9-16(25-3)15(24-2)8-12(14)17(22)26-10-11-6-4-5-7-13(11)18(19,20)21/h4-9H,10H2,1-3H3. The first-order chi connectivity index (χ1) is 12.3. The zero-order valence-corrected chi connectivity index (χ0v) is 14.3. The van der Waals surface area contributed by atoms with Crippen molar-refractivity contribution in [1.82, 2.24) is 0 Å². The van der Waals surface area contributed by atoms with E-state index < -0.39 is 24.3 Å². The fourth-order valence-corrected chi connectivity index (χ4v) is 2.33. The number of carbonyl (C=O) groups is 1. The molecular formula is C18H17F3O5. The average molecular weight is 370 g/mol. The van der Waals surface area contributed by atoms with Crippen molar-refractivity contribution in [3.63, 3.8) is 0 Å². The minimum Gasteiger partial charge on any atom is -0.496 e. The molecule has 2 aromatic rings. The highest BCUT2D eigenvalue weighted by atomic mass is 19.4. The first-order valence-electron chi connectivity index (χ1n) is 7.44. The molecule has 0 N–H and O–H groups in total. The highest BCUT2D eigenvalue weighted by Crippen LogP contribution is 2.35. The molecular weight excluding hydrogens is 353 g/mol. The van der Waals surface area contributed by atoms with Crippen molar-refractivity contribution in [2.75, 3.05) is 21.3 Å². The molecule has 2 rings (SSSR count). The van der Waals surface area contributed by atoms with Gasteiger partial charge in [-0.05, 0) is 6.07 Å². The van der Waals surface area contributed by atoms with E-state index in [1.54, 1.807) is 0 Å². The minimum atomic E-state index is -4.54. The van der Waals surface area contributed by atoms with E-state index in [1.807, 2.05) is 0 Å². The molecule has 0 saturated carbocycles.